The quantitative estimate of drug-likeness (QED) is 0.646. The van der Waals surface area contributed by atoms with Crippen molar-refractivity contribution in [2.75, 3.05) is 31.7 Å². The fourth-order valence-corrected chi connectivity index (χ4v) is 4.32. The normalized spacial score (nSPS) is 16.2. The van der Waals surface area contributed by atoms with Crippen LogP contribution in [0.1, 0.15) is 48.5 Å². The van der Waals surface area contributed by atoms with Crippen molar-refractivity contribution in [1.29, 1.82) is 0 Å². The smallest absolute Gasteiger partial charge is 0.252 e. The van der Waals surface area contributed by atoms with Crippen LogP contribution in [0.4, 0.5) is 5.82 Å². The number of nitrogens with zero attached hydrogens (tertiary/aromatic N) is 3. The van der Waals surface area contributed by atoms with Crippen molar-refractivity contribution in [3.63, 3.8) is 0 Å². The Morgan fingerprint density at radius 1 is 1.30 bits per heavy atom. The fraction of sp³-hybridized carbons (Fsp3) is 0.455. The topological polar surface area (TPSA) is 93.1 Å². The summed E-state index contributed by atoms with van der Waals surface area (Å²) in [5.41, 5.74) is 9.10. The highest BCUT2D eigenvalue weighted by Gasteiger charge is 2.36. The van der Waals surface area contributed by atoms with E-state index in [1.54, 1.807) is 7.11 Å². The molecule has 0 unspecified atom stereocenters. The number of nitrogens with two attached hydrogens (primary N) is 1. The number of benzene rings is 1. The van der Waals surface area contributed by atoms with E-state index in [1.807, 2.05) is 30.3 Å². The molecule has 30 heavy (non-hydrogen) atoms. The summed E-state index contributed by atoms with van der Waals surface area (Å²) >= 11 is 0. The number of rotatable bonds is 5. The largest absolute Gasteiger partial charge is 0.393 e. The lowest BCUT2D eigenvalue weighted by Gasteiger charge is -2.41. The molecular formula is C22H29ClN4O3. The predicted molar refractivity (Wildman–Crippen MR) is 121 cm³/mol. The van der Waals surface area contributed by atoms with Crippen molar-refractivity contribution in [2.24, 2.45) is 5.73 Å². The second-order valence-corrected chi connectivity index (χ2v) is 8.15. The van der Waals surface area contributed by atoms with Crippen LogP contribution in [-0.4, -0.2) is 52.8 Å². The summed E-state index contributed by atoms with van der Waals surface area (Å²) in [6.45, 7) is 5.73. The maximum absolute atomic E-state index is 12.2. The number of primary amides is 1. The number of para-hydroxylation sites is 2. The standard InChI is InChI=1S/C22H28N4O3.ClH/c1-14(2)15-12-16(19(23)28)20-24-17-6-4-5-7-18(17)26(20)21(15)25-10-8-22(13-27,29-3)9-11-25;/h4-7,12,14,27H,8-11,13H2,1-3H3,(H2,23,28);1H. The van der Waals surface area contributed by atoms with Crippen molar-refractivity contribution in [3.05, 3.63) is 41.5 Å². The Hall–Kier alpha value is -2.35. The van der Waals surface area contributed by atoms with Gasteiger partial charge in [0, 0.05) is 20.2 Å². The van der Waals surface area contributed by atoms with Crippen LogP contribution in [-0.2, 0) is 4.74 Å². The summed E-state index contributed by atoms with van der Waals surface area (Å²) in [6.07, 6.45) is 1.45. The number of fused-ring (bicyclic) bond motifs is 3. The lowest BCUT2D eigenvalue weighted by molar-refractivity contribution is -0.0673. The van der Waals surface area contributed by atoms with Gasteiger partial charge in [-0.15, -0.1) is 12.4 Å². The van der Waals surface area contributed by atoms with Gasteiger partial charge in [0.15, 0.2) is 5.65 Å². The van der Waals surface area contributed by atoms with E-state index in [-0.39, 0.29) is 24.9 Å². The Morgan fingerprint density at radius 3 is 2.53 bits per heavy atom. The third kappa shape index (κ3) is 3.51. The van der Waals surface area contributed by atoms with Crippen molar-refractivity contribution >= 4 is 40.8 Å². The molecule has 1 aromatic carbocycles. The predicted octanol–water partition coefficient (Wildman–Crippen LogP) is 3.11. The number of aromatic nitrogens is 2. The van der Waals surface area contributed by atoms with Gasteiger partial charge in [0.1, 0.15) is 5.82 Å². The zero-order chi connectivity index (χ0) is 20.8. The van der Waals surface area contributed by atoms with E-state index < -0.39 is 11.5 Å². The number of aliphatic hydroxyl groups excluding tert-OH is 1. The summed E-state index contributed by atoms with van der Waals surface area (Å²) < 4.78 is 7.70. The van der Waals surface area contributed by atoms with E-state index in [0.717, 1.165) is 48.3 Å². The minimum absolute atomic E-state index is 0. The highest BCUT2D eigenvalue weighted by molar-refractivity contribution is 6.02. The summed E-state index contributed by atoms with van der Waals surface area (Å²) in [6, 6.07) is 9.78. The lowest BCUT2D eigenvalue weighted by atomic mass is 9.91. The molecule has 3 N–H and O–H groups in total. The number of hydrogen-bond donors (Lipinski definition) is 2. The Labute approximate surface area is 182 Å². The molecule has 1 saturated heterocycles. The van der Waals surface area contributed by atoms with Gasteiger partial charge in [0.25, 0.3) is 5.91 Å². The minimum atomic E-state index is -0.488. The summed E-state index contributed by atoms with van der Waals surface area (Å²) in [4.78, 5) is 19.3. The van der Waals surface area contributed by atoms with Gasteiger partial charge in [-0.05, 0) is 42.5 Å². The lowest BCUT2D eigenvalue weighted by Crippen LogP contribution is -2.48. The van der Waals surface area contributed by atoms with Crippen LogP contribution in [0.25, 0.3) is 16.7 Å². The van der Waals surface area contributed by atoms with Crippen molar-refractivity contribution in [3.8, 4) is 0 Å². The van der Waals surface area contributed by atoms with Gasteiger partial charge in [-0.1, -0.05) is 26.0 Å². The monoisotopic (exact) mass is 432 g/mol. The number of anilines is 1. The van der Waals surface area contributed by atoms with E-state index in [2.05, 4.69) is 23.1 Å². The van der Waals surface area contributed by atoms with Crippen LogP contribution in [0.3, 0.4) is 0 Å². The Bertz CT molecular complexity index is 1070. The molecule has 2 aromatic heterocycles. The molecule has 1 aliphatic heterocycles. The molecule has 0 saturated carbocycles. The molecule has 162 valence electrons. The number of carbonyl (C=O) groups excluding carboxylic acids is 1. The molecule has 1 amide bonds. The van der Waals surface area contributed by atoms with Crippen LogP contribution in [0.2, 0.25) is 0 Å². The molecule has 4 rings (SSSR count). The first-order chi connectivity index (χ1) is 13.9. The number of halogens is 1. The maximum atomic E-state index is 12.2. The second kappa shape index (κ2) is 8.41. The molecule has 8 heteroatoms. The molecule has 1 fully saturated rings. The number of carbonyl (C=O) groups is 1. The van der Waals surface area contributed by atoms with Gasteiger partial charge in [0.05, 0.1) is 28.8 Å². The first kappa shape index (κ1) is 22.3. The number of ether oxygens (including phenoxy) is 1. The number of amides is 1. The van der Waals surface area contributed by atoms with E-state index in [4.69, 9.17) is 15.5 Å². The average molecular weight is 433 g/mol. The SMILES string of the molecule is COC1(CO)CCN(c2c(C(C)C)cc(C(N)=O)c3nc4ccccc4n23)CC1.Cl. The zero-order valence-electron chi connectivity index (χ0n) is 17.6. The maximum Gasteiger partial charge on any atom is 0.252 e. The zero-order valence-corrected chi connectivity index (χ0v) is 18.4. The third-order valence-electron chi connectivity index (χ3n) is 6.15. The molecule has 0 aliphatic carbocycles. The molecular weight excluding hydrogens is 404 g/mol. The number of piperidine rings is 1. The Balaban J connectivity index is 0.00000256. The minimum Gasteiger partial charge on any atom is -0.393 e. The van der Waals surface area contributed by atoms with Gasteiger partial charge >= 0.3 is 0 Å². The van der Waals surface area contributed by atoms with Gasteiger partial charge < -0.3 is 20.5 Å². The Morgan fingerprint density at radius 2 is 1.97 bits per heavy atom. The van der Waals surface area contributed by atoms with E-state index in [9.17, 15) is 9.90 Å². The van der Waals surface area contributed by atoms with Gasteiger partial charge in [0.2, 0.25) is 0 Å². The number of hydrogen-bond acceptors (Lipinski definition) is 5. The van der Waals surface area contributed by atoms with Crippen molar-refractivity contribution in [2.45, 2.75) is 38.2 Å². The summed E-state index contributed by atoms with van der Waals surface area (Å²) in [5, 5.41) is 9.81. The molecule has 0 radical (unpaired) electrons. The van der Waals surface area contributed by atoms with E-state index >= 15 is 0 Å². The molecule has 3 aromatic rings. The third-order valence-corrected chi connectivity index (χ3v) is 6.15. The number of methoxy groups -OCH3 is 1. The molecule has 0 atom stereocenters. The first-order valence-corrected chi connectivity index (χ1v) is 10.1. The molecule has 3 heterocycles. The van der Waals surface area contributed by atoms with E-state index in [0.29, 0.717) is 11.2 Å². The second-order valence-electron chi connectivity index (χ2n) is 8.15. The highest BCUT2D eigenvalue weighted by atomic mass is 35.5. The molecule has 0 spiro atoms. The molecule has 1 aliphatic rings. The summed E-state index contributed by atoms with van der Waals surface area (Å²) in [7, 11) is 1.66. The summed E-state index contributed by atoms with van der Waals surface area (Å²) in [5.74, 6) is 0.757. The van der Waals surface area contributed by atoms with Gasteiger partial charge in [-0.3, -0.25) is 9.20 Å². The highest BCUT2D eigenvalue weighted by Crippen LogP contribution is 2.37. The number of imidazole rings is 1. The van der Waals surface area contributed by atoms with Crippen molar-refractivity contribution < 1.29 is 14.6 Å². The van der Waals surface area contributed by atoms with E-state index in [1.165, 1.54) is 0 Å². The fourth-order valence-electron chi connectivity index (χ4n) is 4.32. The Kier molecular flexibility index (Phi) is 6.26. The molecule has 7 nitrogen and oxygen atoms in total. The van der Waals surface area contributed by atoms with Crippen LogP contribution < -0.4 is 10.6 Å². The number of aliphatic hydroxyl groups is 1. The van der Waals surface area contributed by atoms with Crippen molar-refractivity contribution in [1.82, 2.24) is 9.38 Å². The van der Waals surface area contributed by atoms with Crippen LogP contribution >= 0.6 is 12.4 Å². The van der Waals surface area contributed by atoms with Crippen LogP contribution in [0.15, 0.2) is 30.3 Å². The molecule has 0 bridgehead atoms. The van der Waals surface area contributed by atoms with Crippen LogP contribution in [0.5, 0.6) is 0 Å². The number of pyridine rings is 1. The van der Waals surface area contributed by atoms with Gasteiger partial charge in [-0.2, -0.15) is 0 Å². The first-order valence-electron chi connectivity index (χ1n) is 10.1. The van der Waals surface area contributed by atoms with Gasteiger partial charge in [-0.25, -0.2) is 4.98 Å². The average Bonchev–Trinajstić information content (AvgIpc) is 3.12. The van der Waals surface area contributed by atoms with Crippen LogP contribution in [0, 0.1) is 0 Å².